The van der Waals surface area contributed by atoms with Gasteiger partial charge in [-0.3, -0.25) is 4.79 Å². The first-order chi connectivity index (χ1) is 12.1. The van der Waals surface area contributed by atoms with Gasteiger partial charge in [0.05, 0.1) is 7.11 Å². The van der Waals surface area contributed by atoms with E-state index in [1.165, 1.54) is 5.56 Å². The minimum absolute atomic E-state index is 0.0307. The van der Waals surface area contributed by atoms with Crippen LogP contribution in [-0.4, -0.2) is 26.2 Å². The van der Waals surface area contributed by atoms with Gasteiger partial charge in [-0.15, -0.1) is 0 Å². The molecule has 2 aromatic carbocycles. The summed E-state index contributed by atoms with van der Waals surface area (Å²) in [7, 11) is 1.57. The molecule has 5 heteroatoms. The summed E-state index contributed by atoms with van der Waals surface area (Å²) in [4.78, 5) is 14.9. The molecule has 130 valence electrons. The maximum Gasteiger partial charge on any atom is 0.258 e. The summed E-state index contributed by atoms with van der Waals surface area (Å²) in [6.07, 6.45) is 3.60. The Labute approximate surface area is 156 Å². The van der Waals surface area contributed by atoms with Gasteiger partial charge < -0.3 is 14.4 Å². The molecular weight excluding hydrogens is 382 g/mol. The number of carbonyl (C=O) groups is 1. The molecule has 0 spiro atoms. The van der Waals surface area contributed by atoms with Gasteiger partial charge in [0.1, 0.15) is 6.61 Å². The normalized spacial score (nSPS) is 13.1. The summed E-state index contributed by atoms with van der Waals surface area (Å²) in [5.74, 6) is 1.11. The molecule has 1 amide bonds. The standard InChI is InChI=1S/C20H20BrNO3/c1-3-11-25-18-9-6-15(13-19(18)24-2)20(23)22-10-4-5-14-12-16(21)7-8-17(14)22/h3,6-9,12-13H,1,4-5,10-11H2,2H3. The Balaban J connectivity index is 1.90. The van der Waals surface area contributed by atoms with E-state index in [9.17, 15) is 4.79 Å². The van der Waals surface area contributed by atoms with Crippen molar-refractivity contribution in [3.05, 3.63) is 64.7 Å². The molecule has 1 aliphatic heterocycles. The summed E-state index contributed by atoms with van der Waals surface area (Å²) >= 11 is 3.50. The van der Waals surface area contributed by atoms with Crippen LogP contribution in [0.4, 0.5) is 5.69 Å². The van der Waals surface area contributed by atoms with Gasteiger partial charge in [0, 0.05) is 22.3 Å². The lowest BCUT2D eigenvalue weighted by atomic mass is 10.0. The van der Waals surface area contributed by atoms with Crippen molar-refractivity contribution in [2.45, 2.75) is 12.8 Å². The van der Waals surface area contributed by atoms with E-state index in [-0.39, 0.29) is 5.91 Å². The van der Waals surface area contributed by atoms with E-state index in [0.29, 0.717) is 30.2 Å². The van der Waals surface area contributed by atoms with Gasteiger partial charge in [0.15, 0.2) is 11.5 Å². The topological polar surface area (TPSA) is 38.8 Å². The minimum atomic E-state index is -0.0307. The number of halogens is 1. The molecule has 0 bridgehead atoms. The summed E-state index contributed by atoms with van der Waals surface area (Å²) < 4.78 is 12.0. The maximum absolute atomic E-state index is 13.0. The van der Waals surface area contributed by atoms with Crippen LogP contribution in [0.2, 0.25) is 0 Å². The van der Waals surface area contributed by atoms with Gasteiger partial charge in [0.2, 0.25) is 0 Å². The van der Waals surface area contributed by atoms with Crippen LogP contribution >= 0.6 is 15.9 Å². The van der Waals surface area contributed by atoms with Gasteiger partial charge in [-0.25, -0.2) is 0 Å². The van der Waals surface area contributed by atoms with E-state index >= 15 is 0 Å². The molecule has 1 aliphatic rings. The summed E-state index contributed by atoms with van der Waals surface area (Å²) in [5.41, 5.74) is 2.75. The Bertz CT molecular complexity index is 804. The highest BCUT2D eigenvalue weighted by Gasteiger charge is 2.24. The monoisotopic (exact) mass is 401 g/mol. The SMILES string of the molecule is C=CCOc1ccc(C(=O)N2CCCc3cc(Br)ccc32)cc1OC. The number of hydrogen-bond acceptors (Lipinski definition) is 3. The lowest BCUT2D eigenvalue weighted by Crippen LogP contribution is -2.35. The van der Waals surface area contributed by atoms with Gasteiger partial charge in [-0.1, -0.05) is 28.6 Å². The van der Waals surface area contributed by atoms with Crippen molar-refractivity contribution in [2.75, 3.05) is 25.2 Å². The quantitative estimate of drug-likeness (QED) is 0.686. The number of methoxy groups -OCH3 is 1. The molecule has 0 radical (unpaired) electrons. The van der Waals surface area contributed by atoms with Gasteiger partial charge in [-0.05, 0) is 54.8 Å². The van der Waals surface area contributed by atoms with Gasteiger partial charge in [-0.2, -0.15) is 0 Å². The highest BCUT2D eigenvalue weighted by Crippen LogP contribution is 2.33. The lowest BCUT2D eigenvalue weighted by Gasteiger charge is -2.30. The second-order valence-electron chi connectivity index (χ2n) is 5.80. The Morgan fingerprint density at radius 3 is 2.88 bits per heavy atom. The fourth-order valence-corrected chi connectivity index (χ4v) is 3.41. The number of benzene rings is 2. The number of rotatable bonds is 5. The number of aryl methyl sites for hydroxylation is 1. The van der Waals surface area contributed by atoms with Crippen LogP contribution in [0.1, 0.15) is 22.3 Å². The van der Waals surface area contributed by atoms with Gasteiger partial charge >= 0.3 is 0 Å². The molecular formula is C20H20BrNO3. The van der Waals surface area contributed by atoms with Crippen LogP contribution < -0.4 is 14.4 Å². The molecule has 0 fully saturated rings. The molecule has 0 unspecified atom stereocenters. The Morgan fingerprint density at radius 1 is 1.28 bits per heavy atom. The fourth-order valence-electron chi connectivity index (χ4n) is 3.00. The van der Waals surface area contributed by atoms with Crippen molar-refractivity contribution in [3.8, 4) is 11.5 Å². The van der Waals surface area contributed by atoms with Crippen LogP contribution in [0, 0.1) is 0 Å². The summed E-state index contributed by atoms with van der Waals surface area (Å²) in [6, 6.07) is 11.3. The largest absolute Gasteiger partial charge is 0.493 e. The molecule has 3 rings (SSSR count). The molecule has 1 heterocycles. The van der Waals surface area contributed by atoms with Crippen molar-refractivity contribution in [1.82, 2.24) is 0 Å². The lowest BCUT2D eigenvalue weighted by molar-refractivity contribution is 0.0984. The van der Waals surface area contributed by atoms with Crippen LogP contribution in [0.15, 0.2) is 53.5 Å². The number of amides is 1. The molecule has 0 aromatic heterocycles. The highest BCUT2D eigenvalue weighted by atomic mass is 79.9. The maximum atomic E-state index is 13.0. The Morgan fingerprint density at radius 2 is 2.12 bits per heavy atom. The van der Waals surface area contributed by atoms with E-state index in [4.69, 9.17) is 9.47 Å². The first-order valence-corrected chi connectivity index (χ1v) is 8.95. The summed E-state index contributed by atoms with van der Waals surface area (Å²) in [6.45, 7) is 4.74. The third-order valence-electron chi connectivity index (χ3n) is 4.17. The molecule has 0 saturated heterocycles. The molecule has 2 aromatic rings. The van der Waals surface area contributed by atoms with Crippen molar-refractivity contribution < 1.29 is 14.3 Å². The third-order valence-corrected chi connectivity index (χ3v) is 4.67. The predicted molar refractivity (Wildman–Crippen MR) is 103 cm³/mol. The average molecular weight is 402 g/mol. The molecule has 0 atom stereocenters. The van der Waals surface area contributed by atoms with Crippen LogP contribution in [0.5, 0.6) is 11.5 Å². The van der Waals surface area contributed by atoms with Crippen LogP contribution in [0.25, 0.3) is 0 Å². The number of fused-ring (bicyclic) bond motifs is 1. The Hall–Kier alpha value is -2.27. The van der Waals surface area contributed by atoms with Crippen LogP contribution in [0.3, 0.4) is 0 Å². The van der Waals surface area contributed by atoms with E-state index in [0.717, 1.165) is 23.0 Å². The fraction of sp³-hybridized carbons (Fsp3) is 0.250. The first-order valence-electron chi connectivity index (χ1n) is 8.16. The zero-order chi connectivity index (χ0) is 17.8. The smallest absolute Gasteiger partial charge is 0.258 e. The third kappa shape index (κ3) is 3.71. The molecule has 4 nitrogen and oxygen atoms in total. The second kappa shape index (κ2) is 7.74. The van der Waals surface area contributed by atoms with Crippen molar-refractivity contribution >= 4 is 27.5 Å². The second-order valence-corrected chi connectivity index (χ2v) is 6.71. The van der Waals surface area contributed by atoms with E-state index in [2.05, 4.69) is 28.6 Å². The number of ether oxygens (including phenoxy) is 2. The molecule has 0 saturated carbocycles. The van der Waals surface area contributed by atoms with E-state index in [1.54, 1.807) is 31.4 Å². The summed E-state index contributed by atoms with van der Waals surface area (Å²) in [5, 5.41) is 0. The number of carbonyl (C=O) groups excluding carboxylic acids is 1. The number of anilines is 1. The molecule has 0 N–H and O–H groups in total. The van der Waals surface area contributed by atoms with Crippen molar-refractivity contribution in [1.29, 1.82) is 0 Å². The number of nitrogens with zero attached hydrogens (tertiary/aromatic N) is 1. The minimum Gasteiger partial charge on any atom is -0.493 e. The zero-order valence-corrected chi connectivity index (χ0v) is 15.7. The number of hydrogen-bond donors (Lipinski definition) is 0. The van der Waals surface area contributed by atoms with Crippen molar-refractivity contribution in [2.24, 2.45) is 0 Å². The van der Waals surface area contributed by atoms with Gasteiger partial charge in [0.25, 0.3) is 5.91 Å². The van der Waals surface area contributed by atoms with Crippen molar-refractivity contribution in [3.63, 3.8) is 0 Å². The van der Waals surface area contributed by atoms with Crippen LogP contribution in [-0.2, 0) is 6.42 Å². The highest BCUT2D eigenvalue weighted by molar-refractivity contribution is 9.10. The average Bonchev–Trinajstić information content (AvgIpc) is 2.64. The molecule has 25 heavy (non-hydrogen) atoms. The first kappa shape index (κ1) is 17.5. The van der Waals surface area contributed by atoms with E-state index < -0.39 is 0 Å². The van der Waals surface area contributed by atoms with E-state index in [1.807, 2.05) is 17.0 Å². The molecule has 0 aliphatic carbocycles. The predicted octanol–water partition coefficient (Wildman–Crippen LogP) is 4.62. The zero-order valence-electron chi connectivity index (χ0n) is 14.1. The Kier molecular flexibility index (Phi) is 5.43.